The van der Waals surface area contributed by atoms with E-state index in [1.807, 2.05) is 0 Å². The summed E-state index contributed by atoms with van der Waals surface area (Å²) >= 11 is 0. The topological polar surface area (TPSA) is 211 Å². The van der Waals surface area contributed by atoms with Gasteiger partial charge in [-0.05, 0) is 24.3 Å². The molecule has 258 valence electrons. The monoisotopic (exact) mass is 714 g/mol. The second kappa shape index (κ2) is 15.2. The molecule has 4 N–H and O–H groups in total. The Morgan fingerprint density at radius 1 is 0.878 bits per heavy atom. The highest BCUT2D eigenvalue weighted by atomic mass is 35.5. The first-order chi connectivity index (χ1) is 22.3. The van der Waals surface area contributed by atoms with Crippen molar-refractivity contribution in [3.63, 3.8) is 0 Å². The van der Waals surface area contributed by atoms with Crippen molar-refractivity contribution in [3.8, 4) is 0 Å². The Labute approximate surface area is 290 Å². The minimum absolute atomic E-state index is 0. The van der Waals surface area contributed by atoms with E-state index in [-0.39, 0.29) is 77.8 Å². The lowest BCUT2D eigenvalue weighted by molar-refractivity contribution is -0.383. The third-order valence-electron chi connectivity index (χ3n) is 7.32. The number of carbonyl (C=O) groups is 4. The molecule has 17 nitrogen and oxygen atoms in total. The number of nitrogens with zero attached hydrogens (tertiary/aromatic N) is 7. The fraction of sp³-hybridized carbons (Fsp3) is 0.167. The number of amides is 4. The average Bonchev–Trinajstić information content (AvgIpc) is 3.87. The number of anilines is 3. The fourth-order valence-electron chi connectivity index (χ4n) is 4.65. The second-order valence-electron chi connectivity index (χ2n) is 10.5. The van der Waals surface area contributed by atoms with Gasteiger partial charge in [-0.15, -0.1) is 24.8 Å². The number of furan rings is 1. The van der Waals surface area contributed by atoms with Gasteiger partial charge in [0.05, 0.1) is 33.2 Å². The lowest BCUT2D eigenvalue weighted by Crippen LogP contribution is -2.33. The molecule has 4 aromatic heterocycles. The zero-order valence-electron chi connectivity index (χ0n) is 26.3. The van der Waals surface area contributed by atoms with Crippen molar-refractivity contribution in [2.75, 3.05) is 42.8 Å². The van der Waals surface area contributed by atoms with Crippen LogP contribution in [0.3, 0.4) is 0 Å². The van der Waals surface area contributed by atoms with Gasteiger partial charge >= 0.3 is 18.1 Å². The smallest absolute Gasteiger partial charge is 0.332 e. The zero-order chi connectivity index (χ0) is 34.0. The van der Waals surface area contributed by atoms with Gasteiger partial charge in [-0.2, -0.15) is 0 Å². The van der Waals surface area contributed by atoms with Crippen molar-refractivity contribution in [1.29, 1.82) is 5.41 Å². The highest BCUT2D eigenvalue weighted by Crippen LogP contribution is 2.29. The van der Waals surface area contributed by atoms with Crippen molar-refractivity contribution in [3.05, 3.63) is 95.5 Å². The van der Waals surface area contributed by atoms with Crippen molar-refractivity contribution in [1.82, 2.24) is 18.6 Å². The molecule has 19 heteroatoms. The number of benzene rings is 1. The van der Waals surface area contributed by atoms with Crippen LogP contribution in [0.1, 0.15) is 17.0 Å². The maximum Gasteiger partial charge on any atom is 0.332 e. The summed E-state index contributed by atoms with van der Waals surface area (Å²) in [6.45, 7) is 0.269. The lowest BCUT2D eigenvalue weighted by Gasteiger charge is -2.18. The molecule has 0 unspecified atom stereocenters. The van der Waals surface area contributed by atoms with E-state index in [1.54, 1.807) is 26.2 Å². The molecule has 0 aliphatic carbocycles. The quantitative estimate of drug-likeness (QED) is 0.0831. The summed E-state index contributed by atoms with van der Waals surface area (Å²) in [5, 5.41) is 21.4. The van der Waals surface area contributed by atoms with Crippen LogP contribution < -0.4 is 20.9 Å². The molecule has 0 aliphatic rings. The average molecular weight is 716 g/mol. The van der Waals surface area contributed by atoms with Crippen LogP contribution in [-0.2, 0) is 0 Å². The van der Waals surface area contributed by atoms with E-state index < -0.39 is 22.9 Å². The Morgan fingerprint density at radius 2 is 1.43 bits per heavy atom. The van der Waals surface area contributed by atoms with E-state index in [0.717, 1.165) is 0 Å². The highest BCUT2D eigenvalue weighted by Gasteiger charge is 2.22. The number of aromatic nitrogens is 3. The van der Waals surface area contributed by atoms with E-state index in [1.165, 1.54) is 103 Å². The summed E-state index contributed by atoms with van der Waals surface area (Å²) in [4.78, 5) is 66.6. The molecule has 0 bridgehead atoms. The number of nitro benzene ring substituents is 1. The highest BCUT2D eigenvalue weighted by molar-refractivity contribution is 6.06. The normalized spacial score (nSPS) is 10.4. The first-order valence-corrected chi connectivity index (χ1v) is 14.0. The van der Waals surface area contributed by atoms with Gasteiger partial charge in [-0.3, -0.25) is 43.8 Å². The van der Waals surface area contributed by atoms with Gasteiger partial charge < -0.3 is 20.4 Å². The number of hydrogen-bond donors (Lipinski definition) is 3. The van der Waals surface area contributed by atoms with Gasteiger partial charge in [-0.1, -0.05) is 6.07 Å². The van der Waals surface area contributed by atoms with Crippen molar-refractivity contribution < 1.29 is 28.5 Å². The first kappa shape index (κ1) is 37.4. The third-order valence-corrected chi connectivity index (χ3v) is 7.32. The number of rotatable bonds is 8. The molecule has 5 rings (SSSR count). The molecule has 0 saturated carbocycles. The number of fused-ring (bicyclic) bond motifs is 1. The van der Waals surface area contributed by atoms with Gasteiger partial charge in [0, 0.05) is 83.4 Å². The molecule has 49 heavy (non-hydrogen) atoms. The Kier molecular flexibility index (Phi) is 11.6. The number of nitro groups is 1. The molecule has 1 aromatic carbocycles. The molecule has 0 fully saturated rings. The molecular formula is C30H32Cl2N10O7. The molecule has 0 saturated heterocycles. The number of non-ortho nitro benzene ring substituents is 1. The minimum Gasteiger partial charge on any atom is -0.451 e. The summed E-state index contributed by atoms with van der Waals surface area (Å²) in [6, 6.07) is 8.96. The summed E-state index contributed by atoms with van der Waals surface area (Å²) in [7, 11) is 4.65. The lowest BCUT2D eigenvalue weighted by atomic mass is 10.2. The maximum absolute atomic E-state index is 13.2. The summed E-state index contributed by atoms with van der Waals surface area (Å²) < 4.78 is 9.33. The van der Waals surface area contributed by atoms with Crippen LogP contribution in [0.25, 0.3) is 11.0 Å². The van der Waals surface area contributed by atoms with Gasteiger partial charge in [0.1, 0.15) is 5.58 Å². The molecule has 0 radical (unpaired) electrons. The maximum atomic E-state index is 13.2. The summed E-state index contributed by atoms with van der Waals surface area (Å²) in [5.74, 6) is -0.823. The van der Waals surface area contributed by atoms with Gasteiger partial charge in [0.25, 0.3) is 11.6 Å². The van der Waals surface area contributed by atoms with Crippen LogP contribution in [0.4, 0.5) is 37.1 Å². The summed E-state index contributed by atoms with van der Waals surface area (Å²) in [5.41, 5.74) is 6.50. The number of nitrogens with two attached hydrogens (primary N) is 1. The molecule has 0 spiro atoms. The van der Waals surface area contributed by atoms with E-state index in [4.69, 9.17) is 15.6 Å². The van der Waals surface area contributed by atoms with Gasteiger partial charge in [0.15, 0.2) is 5.76 Å². The number of nitrogens with one attached hydrogen (secondary N) is 2. The minimum atomic E-state index is -0.659. The predicted octanol–water partition coefficient (Wildman–Crippen LogP) is 5.28. The van der Waals surface area contributed by atoms with Gasteiger partial charge in [0.2, 0.25) is 0 Å². The fourth-order valence-corrected chi connectivity index (χ4v) is 4.65. The molecule has 0 atom stereocenters. The molecular weight excluding hydrogens is 683 g/mol. The Hall–Kier alpha value is -6.07. The van der Waals surface area contributed by atoms with E-state index >= 15 is 0 Å². The van der Waals surface area contributed by atoms with Crippen LogP contribution in [-0.4, -0.2) is 81.0 Å². The standard InChI is InChI=1S/C30H30N10O7.2ClH/c1-34(11-10-26(31)32)28(42)38-13-8-20(17-38)36(3)30(44)39-14-9-21(18-39)35(2)29(43)37-12-7-19(16-37)33-27(41)25-15-22-23(40(45)46)5-4-6-24(22)47-25;;/h4-9,12-18H,10-11H2,1-3H3,(H3,31,32)(H,33,41);2*1H. The molecule has 4 heterocycles. The van der Waals surface area contributed by atoms with Crippen molar-refractivity contribution in [2.24, 2.45) is 5.73 Å². The van der Waals surface area contributed by atoms with Crippen LogP contribution >= 0.6 is 24.8 Å². The summed E-state index contributed by atoms with van der Waals surface area (Å²) in [6.07, 6.45) is 9.07. The number of halogens is 2. The van der Waals surface area contributed by atoms with E-state index in [9.17, 15) is 29.3 Å². The second-order valence-corrected chi connectivity index (χ2v) is 10.5. The Bertz CT molecular complexity index is 2050. The predicted molar refractivity (Wildman–Crippen MR) is 187 cm³/mol. The van der Waals surface area contributed by atoms with Crippen LogP contribution in [0.15, 0.2) is 84.1 Å². The Morgan fingerprint density at radius 3 is 2.00 bits per heavy atom. The third kappa shape index (κ3) is 7.91. The number of hydrogen-bond acceptors (Lipinski definition) is 8. The number of carbonyl (C=O) groups excluding carboxylic acids is 4. The SMILES string of the molecule is CN(CCC(=N)N)C(=O)n1ccc(N(C)C(=O)n2ccc(N(C)C(=O)n3ccc(NC(=O)c4cc5c([N+](=O)[O-])cccc5o4)c3)c2)c1.Cl.Cl. The van der Waals surface area contributed by atoms with E-state index in [2.05, 4.69) is 5.32 Å². The van der Waals surface area contributed by atoms with E-state index in [0.29, 0.717) is 11.4 Å². The first-order valence-electron chi connectivity index (χ1n) is 14.0. The zero-order valence-corrected chi connectivity index (χ0v) is 27.9. The van der Waals surface area contributed by atoms with Crippen LogP contribution in [0.2, 0.25) is 0 Å². The van der Waals surface area contributed by atoms with Crippen LogP contribution in [0.5, 0.6) is 0 Å². The molecule has 4 amide bonds. The largest absolute Gasteiger partial charge is 0.451 e. The number of amidine groups is 1. The molecule has 5 aromatic rings. The Balaban J connectivity index is 0.00000325. The van der Waals surface area contributed by atoms with Crippen molar-refractivity contribution >= 4 is 88.4 Å². The molecule has 0 aliphatic heterocycles. The van der Waals surface area contributed by atoms with Crippen LogP contribution in [0, 0.1) is 15.5 Å². The van der Waals surface area contributed by atoms with Gasteiger partial charge in [-0.25, -0.2) is 14.4 Å². The van der Waals surface area contributed by atoms with Crippen molar-refractivity contribution in [2.45, 2.75) is 6.42 Å².